The molecule has 0 spiro atoms. The molecule has 24 heavy (non-hydrogen) atoms. The average molecular weight is 319 g/mol. The molecule has 4 heteroatoms. The zero-order valence-corrected chi connectivity index (χ0v) is 13.8. The van der Waals surface area contributed by atoms with Gasteiger partial charge in [-0.05, 0) is 11.6 Å². The Bertz CT molecular complexity index is 883. The van der Waals surface area contributed by atoms with Crippen LogP contribution in [0.3, 0.4) is 0 Å². The number of amides is 2. The average Bonchev–Trinajstić information content (AvgIpc) is 2.93. The number of nitrogens with zero attached hydrogens (tertiary/aromatic N) is 2. The first-order valence-corrected chi connectivity index (χ1v) is 8.36. The van der Waals surface area contributed by atoms with Crippen LogP contribution < -0.4 is 5.32 Å². The quantitative estimate of drug-likeness (QED) is 0.772. The Hall–Kier alpha value is -2.75. The number of aromatic nitrogens is 1. The van der Waals surface area contributed by atoms with Crippen molar-refractivity contribution in [1.29, 1.82) is 0 Å². The Morgan fingerprint density at radius 2 is 1.83 bits per heavy atom. The number of aryl methyl sites for hydroxylation is 1. The maximum absolute atomic E-state index is 12.5. The highest BCUT2D eigenvalue weighted by molar-refractivity contribution is 5.86. The number of para-hydroxylation sites is 1. The van der Waals surface area contributed by atoms with Crippen molar-refractivity contribution >= 4 is 16.9 Å². The summed E-state index contributed by atoms with van der Waals surface area (Å²) in [6.45, 7) is 2.01. The standard InChI is InChI=1S/C20H21N3O/c1-22-18-10-6-5-9-16(18)17-14-23(12-11-19(17)22)20(24)21-13-15-7-3-2-4-8-15/h2-10H,11-14H2,1H3,(H,21,24). The van der Waals surface area contributed by atoms with Crippen LogP contribution in [0.5, 0.6) is 0 Å². The highest BCUT2D eigenvalue weighted by Crippen LogP contribution is 2.29. The molecule has 2 aromatic carbocycles. The van der Waals surface area contributed by atoms with E-state index in [0.29, 0.717) is 13.1 Å². The molecule has 1 aliphatic heterocycles. The summed E-state index contributed by atoms with van der Waals surface area (Å²) in [4.78, 5) is 14.4. The molecule has 2 heterocycles. The van der Waals surface area contributed by atoms with Crippen LogP contribution in [0, 0.1) is 0 Å². The van der Waals surface area contributed by atoms with Crippen molar-refractivity contribution in [2.24, 2.45) is 7.05 Å². The van der Waals surface area contributed by atoms with Crippen molar-refractivity contribution in [1.82, 2.24) is 14.8 Å². The van der Waals surface area contributed by atoms with Crippen molar-refractivity contribution in [2.45, 2.75) is 19.5 Å². The molecule has 122 valence electrons. The number of hydrogen-bond acceptors (Lipinski definition) is 1. The minimum absolute atomic E-state index is 0.0115. The summed E-state index contributed by atoms with van der Waals surface area (Å²) in [5, 5.41) is 4.29. The van der Waals surface area contributed by atoms with E-state index < -0.39 is 0 Å². The van der Waals surface area contributed by atoms with E-state index in [1.54, 1.807) is 0 Å². The van der Waals surface area contributed by atoms with Gasteiger partial charge in [0.1, 0.15) is 0 Å². The lowest BCUT2D eigenvalue weighted by Crippen LogP contribution is -2.42. The van der Waals surface area contributed by atoms with Gasteiger partial charge in [-0.15, -0.1) is 0 Å². The molecule has 0 radical (unpaired) electrons. The highest BCUT2D eigenvalue weighted by Gasteiger charge is 2.25. The molecule has 2 amide bonds. The van der Waals surface area contributed by atoms with Gasteiger partial charge in [-0.1, -0.05) is 48.5 Å². The van der Waals surface area contributed by atoms with Gasteiger partial charge >= 0.3 is 6.03 Å². The second-order valence-corrected chi connectivity index (χ2v) is 6.32. The van der Waals surface area contributed by atoms with E-state index in [0.717, 1.165) is 18.5 Å². The molecule has 0 bridgehead atoms. The predicted octanol–water partition coefficient (Wildman–Crippen LogP) is 3.45. The second-order valence-electron chi connectivity index (χ2n) is 6.32. The number of carbonyl (C=O) groups is 1. The molecular formula is C20H21N3O. The first-order valence-electron chi connectivity index (χ1n) is 8.36. The highest BCUT2D eigenvalue weighted by atomic mass is 16.2. The van der Waals surface area contributed by atoms with E-state index in [4.69, 9.17) is 0 Å². The summed E-state index contributed by atoms with van der Waals surface area (Å²) in [6, 6.07) is 18.5. The third-order valence-electron chi connectivity index (χ3n) is 4.89. The van der Waals surface area contributed by atoms with Crippen LogP contribution in [0.4, 0.5) is 4.79 Å². The number of hydrogen-bond donors (Lipinski definition) is 1. The van der Waals surface area contributed by atoms with Crippen LogP contribution in [-0.4, -0.2) is 22.0 Å². The van der Waals surface area contributed by atoms with Crippen molar-refractivity contribution in [3.05, 3.63) is 71.4 Å². The Balaban J connectivity index is 1.52. The molecular weight excluding hydrogens is 298 g/mol. The van der Waals surface area contributed by atoms with Gasteiger partial charge in [-0.3, -0.25) is 0 Å². The van der Waals surface area contributed by atoms with Crippen molar-refractivity contribution in [2.75, 3.05) is 6.54 Å². The zero-order valence-electron chi connectivity index (χ0n) is 13.8. The summed E-state index contributed by atoms with van der Waals surface area (Å²) in [6.07, 6.45) is 0.902. The van der Waals surface area contributed by atoms with Gasteiger partial charge in [-0.2, -0.15) is 0 Å². The van der Waals surface area contributed by atoms with E-state index in [-0.39, 0.29) is 6.03 Å². The van der Waals surface area contributed by atoms with E-state index in [1.807, 2.05) is 35.2 Å². The molecule has 0 unspecified atom stereocenters. The topological polar surface area (TPSA) is 37.3 Å². The fourth-order valence-electron chi connectivity index (χ4n) is 3.59. The number of urea groups is 1. The molecule has 0 atom stereocenters. The first kappa shape index (κ1) is 14.8. The molecule has 4 nitrogen and oxygen atoms in total. The number of benzene rings is 2. The van der Waals surface area contributed by atoms with E-state index in [2.05, 4.69) is 41.2 Å². The van der Waals surface area contributed by atoms with Gasteiger partial charge in [0.15, 0.2) is 0 Å². The number of carbonyl (C=O) groups excluding carboxylic acids is 1. The van der Waals surface area contributed by atoms with Crippen LogP contribution in [0.25, 0.3) is 10.9 Å². The number of nitrogens with one attached hydrogen (secondary N) is 1. The van der Waals surface area contributed by atoms with Gasteiger partial charge in [0.2, 0.25) is 0 Å². The van der Waals surface area contributed by atoms with Gasteiger partial charge in [0.25, 0.3) is 0 Å². The Morgan fingerprint density at radius 1 is 1.08 bits per heavy atom. The molecule has 1 N–H and O–H groups in total. The summed E-state index contributed by atoms with van der Waals surface area (Å²) in [5.41, 5.74) is 5.00. The molecule has 1 aliphatic rings. The van der Waals surface area contributed by atoms with E-state index in [9.17, 15) is 4.79 Å². The lowest BCUT2D eigenvalue weighted by Gasteiger charge is -2.28. The van der Waals surface area contributed by atoms with Gasteiger partial charge < -0.3 is 14.8 Å². The Morgan fingerprint density at radius 3 is 2.67 bits per heavy atom. The Kier molecular flexibility index (Phi) is 3.73. The number of rotatable bonds is 2. The van der Waals surface area contributed by atoms with Crippen LogP contribution in [0.2, 0.25) is 0 Å². The molecule has 4 rings (SSSR count). The molecule has 3 aromatic rings. The maximum Gasteiger partial charge on any atom is 0.317 e. The second kappa shape index (κ2) is 6.04. The van der Waals surface area contributed by atoms with Crippen molar-refractivity contribution in [3.8, 4) is 0 Å². The van der Waals surface area contributed by atoms with E-state index in [1.165, 1.54) is 22.2 Å². The van der Waals surface area contributed by atoms with Crippen molar-refractivity contribution < 1.29 is 4.79 Å². The summed E-state index contributed by atoms with van der Waals surface area (Å²) in [7, 11) is 2.12. The third-order valence-corrected chi connectivity index (χ3v) is 4.89. The van der Waals surface area contributed by atoms with Gasteiger partial charge in [0.05, 0.1) is 0 Å². The minimum atomic E-state index is 0.0115. The first-order chi connectivity index (χ1) is 11.7. The van der Waals surface area contributed by atoms with Crippen LogP contribution in [-0.2, 0) is 26.6 Å². The predicted molar refractivity (Wildman–Crippen MR) is 95.7 cm³/mol. The summed E-state index contributed by atoms with van der Waals surface area (Å²) >= 11 is 0. The molecule has 0 saturated heterocycles. The maximum atomic E-state index is 12.5. The van der Waals surface area contributed by atoms with Crippen LogP contribution in [0.15, 0.2) is 54.6 Å². The van der Waals surface area contributed by atoms with E-state index >= 15 is 0 Å². The summed E-state index contributed by atoms with van der Waals surface area (Å²) < 4.78 is 2.27. The largest absolute Gasteiger partial charge is 0.347 e. The Labute approximate surface area is 141 Å². The third kappa shape index (κ3) is 2.54. The fourth-order valence-corrected chi connectivity index (χ4v) is 3.59. The lowest BCUT2D eigenvalue weighted by atomic mass is 10.0. The van der Waals surface area contributed by atoms with Gasteiger partial charge in [0, 0.05) is 55.3 Å². The van der Waals surface area contributed by atoms with Crippen molar-refractivity contribution in [3.63, 3.8) is 0 Å². The normalized spacial score (nSPS) is 13.8. The number of fused-ring (bicyclic) bond motifs is 3. The lowest BCUT2D eigenvalue weighted by molar-refractivity contribution is 0.191. The monoisotopic (exact) mass is 319 g/mol. The SMILES string of the molecule is Cn1c2c(c3ccccc31)CN(C(=O)NCc1ccccc1)CC2. The minimum Gasteiger partial charge on any atom is -0.347 e. The molecule has 0 saturated carbocycles. The molecule has 0 fully saturated rings. The zero-order chi connectivity index (χ0) is 16.5. The van der Waals surface area contributed by atoms with Crippen LogP contribution in [0.1, 0.15) is 16.8 Å². The van der Waals surface area contributed by atoms with Crippen LogP contribution >= 0.6 is 0 Å². The smallest absolute Gasteiger partial charge is 0.317 e. The van der Waals surface area contributed by atoms with Gasteiger partial charge in [-0.25, -0.2) is 4.79 Å². The molecule has 0 aliphatic carbocycles. The summed E-state index contributed by atoms with van der Waals surface area (Å²) in [5.74, 6) is 0. The molecule has 1 aromatic heterocycles. The fraction of sp³-hybridized carbons (Fsp3) is 0.250.